The molecule has 1 amide bonds. The van der Waals surface area contributed by atoms with Crippen molar-refractivity contribution < 1.29 is 9.53 Å². The lowest BCUT2D eigenvalue weighted by molar-refractivity contribution is 0.0529. The second kappa shape index (κ2) is 14.5. The van der Waals surface area contributed by atoms with E-state index in [1.807, 2.05) is 57.4 Å². The van der Waals surface area contributed by atoms with Gasteiger partial charge in [-0.05, 0) is 113 Å². The molecule has 0 spiro atoms. The SMILES string of the molecule is CCC(CC)(c1ccc[nH]1)c1ccc(C(/C(=N/NC(=O)OC(C)(C)C)c2ccc(Br)cc2)c2ccc(C(CC)(CC)c3ccc[nH]3)[nH]2)[nH]1. The van der Waals surface area contributed by atoms with E-state index in [1.165, 1.54) is 11.4 Å². The van der Waals surface area contributed by atoms with Gasteiger partial charge in [-0.25, -0.2) is 10.2 Å². The number of ether oxygens (including phenoxy) is 1. The van der Waals surface area contributed by atoms with Crippen LogP contribution in [-0.4, -0.2) is 37.3 Å². The first kappa shape index (κ1) is 35.1. The van der Waals surface area contributed by atoms with Crippen molar-refractivity contribution in [3.63, 3.8) is 0 Å². The van der Waals surface area contributed by atoms with Gasteiger partial charge in [0, 0.05) is 61.9 Å². The average Bonchev–Trinajstić information content (AvgIpc) is 3.90. The third-order valence-electron chi connectivity index (χ3n) is 9.79. The smallest absolute Gasteiger partial charge is 0.428 e. The van der Waals surface area contributed by atoms with E-state index >= 15 is 0 Å². The Bertz CT molecular complexity index is 1690. The molecule has 8 nitrogen and oxygen atoms in total. The molecule has 1 aromatic carbocycles. The standard InChI is InChI=1S/C39H49BrN6O2/c1-8-38(9-2,30-14-12-24-41-30)32-22-20-28(43-32)34(29-21-23-33(44-29)39(10-3,11-4)31-15-13-25-42-31)35(26-16-18-27(40)19-17-26)45-46-36(47)48-37(5,6)7/h12-25,34,41-44H,8-11H2,1-7H3,(H,46,47)/b45-35+. The Morgan fingerprint density at radius 2 is 1.21 bits per heavy atom. The highest BCUT2D eigenvalue weighted by Gasteiger charge is 2.37. The van der Waals surface area contributed by atoms with Crippen LogP contribution in [-0.2, 0) is 15.6 Å². The lowest BCUT2D eigenvalue weighted by atomic mass is 9.76. The van der Waals surface area contributed by atoms with E-state index in [0.717, 1.165) is 58.5 Å². The highest BCUT2D eigenvalue weighted by atomic mass is 79.9. The summed E-state index contributed by atoms with van der Waals surface area (Å²) in [6.45, 7) is 14.4. The lowest BCUT2D eigenvalue weighted by Gasteiger charge is -2.31. The molecule has 48 heavy (non-hydrogen) atoms. The number of carbonyl (C=O) groups is 1. The van der Waals surface area contributed by atoms with Gasteiger partial charge >= 0.3 is 6.09 Å². The monoisotopic (exact) mass is 712 g/mol. The zero-order valence-electron chi connectivity index (χ0n) is 29.1. The van der Waals surface area contributed by atoms with Gasteiger partial charge in [0.25, 0.3) is 0 Å². The molecule has 0 saturated carbocycles. The fourth-order valence-corrected chi connectivity index (χ4v) is 7.34. The van der Waals surface area contributed by atoms with Gasteiger partial charge in [0.2, 0.25) is 0 Å². The van der Waals surface area contributed by atoms with E-state index in [-0.39, 0.29) is 16.7 Å². The molecule has 4 aromatic heterocycles. The van der Waals surface area contributed by atoms with Gasteiger partial charge in [-0.3, -0.25) is 0 Å². The Morgan fingerprint density at radius 1 is 0.729 bits per heavy atom. The van der Waals surface area contributed by atoms with Gasteiger partial charge < -0.3 is 24.7 Å². The van der Waals surface area contributed by atoms with Crippen LogP contribution in [0.5, 0.6) is 0 Å². The molecule has 254 valence electrons. The number of nitrogens with one attached hydrogen (secondary N) is 5. The minimum absolute atomic E-state index is 0.218. The highest BCUT2D eigenvalue weighted by Crippen LogP contribution is 2.41. The number of aromatic nitrogens is 4. The van der Waals surface area contributed by atoms with Crippen LogP contribution in [0.3, 0.4) is 0 Å². The first-order chi connectivity index (χ1) is 23.0. The minimum Gasteiger partial charge on any atom is -0.443 e. The number of rotatable bonds is 13. The quantitative estimate of drug-likeness (QED) is 0.0618. The van der Waals surface area contributed by atoms with Crippen molar-refractivity contribution in [3.05, 3.63) is 129 Å². The Balaban J connectivity index is 1.70. The van der Waals surface area contributed by atoms with Gasteiger partial charge in [-0.1, -0.05) is 55.8 Å². The number of H-pyrrole nitrogens is 4. The fourth-order valence-electron chi connectivity index (χ4n) is 7.07. The molecule has 0 aliphatic heterocycles. The predicted molar refractivity (Wildman–Crippen MR) is 198 cm³/mol. The Labute approximate surface area is 292 Å². The molecule has 0 bridgehead atoms. The van der Waals surface area contributed by atoms with Crippen LogP contribution in [0.2, 0.25) is 0 Å². The number of aromatic amines is 4. The summed E-state index contributed by atoms with van der Waals surface area (Å²) in [4.78, 5) is 27.6. The highest BCUT2D eigenvalue weighted by molar-refractivity contribution is 9.10. The van der Waals surface area contributed by atoms with Crippen LogP contribution < -0.4 is 5.43 Å². The topological polar surface area (TPSA) is 114 Å². The largest absolute Gasteiger partial charge is 0.443 e. The van der Waals surface area contributed by atoms with Crippen molar-refractivity contribution in [2.24, 2.45) is 5.10 Å². The summed E-state index contributed by atoms with van der Waals surface area (Å²) in [6, 6.07) is 25.2. The summed E-state index contributed by atoms with van der Waals surface area (Å²) in [7, 11) is 0. The molecule has 4 heterocycles. The Hall–Kier alpha value is -4.24. The average molecular weight is 714 g/mol. The Morgan fingerprint density at radius 3 is 1.60 bits per heavy atom. The van der Waals surface area contributed by atoms with Crippen molar-refractivity contribution in [3.8, 4) is 0 Å². The summed E-state index contributed by atoms with van der Waals surface area (Å²) in [5.74, 6) is -0.381. The summed E-state index contributed by atoms with van der Waals surface area (Å²) >= 11 is 3.59. The zero-order valence-corrected chi connectivity index (χ0v) is 30.7. The first-order valence-electron chi connectivity index (χ1n) is 17.0. The number of halogens is 1. The van der Waals surface area contributed by atoms with Crippen LogP contribution in [0, 0.1) is 0 Å². The number of nitrogens with zero attached hydrogens (tertiary/aromatic N) is 1. The number of amides is 1. The van der Waals surface area contributed by atoms with Gasteiger partial charge in [0.05, 0.1) is 11.6 Å². The van der Waals surface area contributed by atoms with Crippen LogP contribution >= 0.6 is 15.9 Å². The molecule has 0 fully saturated rings. The predicted octanol–water partition coefficient (Wildman–Crippen LogP) is 10.0. The summed E-state index contributed by atoms with van der Waals surface area (Å²) in [5.41, 5.74) is 9.68. The first-order valence-corrected chi connectivity index (χ1v) is 17.8. The molecule has 0 unspecified atom stereocenters. The third kappa shape index (κ3) is 6.97. The van der Waals surface area contributed by atoms with Crippen molar-refractivity contribution >= 4 is 27.7 Å². The van der Waals surface area contributed by atoms with Crippen LogP contribution in [0.4, 0.5) is 4.79 Å². The van der Waals surface area contributed by atoms with Gasteiger partial charge in [-0.15, -0.1) is 0 Å². The van der Waals surface area contributed by atoms with Crippen molar-refractivity contribution in [2.45, 2.75) is 96.5 Å². The number of benzene rings is 1. The maximum atomic E-state index is 13.0. The van der Waals surface area contributed by atoms with E-state index in [4.69, 9.17) is 9.84 Å². The Kier molecular flexibility index (Phi) is 10.6. The number of hydrogen-bond donors (Lipinski definition) is 5. The number of hydrazone groups is 1. The molecular weight excluding hydrogens is 664 g/mol. The lowest BCUT2D eigenvalue weighted by Crippen LogP contribution is -2.31. The minimum atomic E-state index is -0.664. The van der Waals surface area contributed by atoms with Crippen LogP contribution in [0.1, 0.15) is 120 Å². The molecule has 5 rings (SSSR count). The normalized spacial score (nSPS) is 12.9. The number of hydrogen-bond acceptors (Lipinski definition) is 3. The van der Waals surface area contributed by atoms with Gasteiger partial charge in [-0.2, -0.15) is 5.10 Å². The van der Waals surface area contributed by atoms with E-state index in [1.54, 1.807) is 0 Å². The van der Waals surface area contributed by atoms with Crippen LogP contribution in [0.15, 0.2) is 94.8 Å². The summed E-state index contributed by atoms with van der Waals surface area (Å²) < 4.78 is 6.54. The second-order valence-corrected chi connectivity index (χ2v) is 14.4. The molecule has 9 heteroatoms. The molecular formula is C39H49BrN6O2. The molecule has 5 aromatic rings. The van der Waals surface area contributed by atoms with E-state index in [9.17, 15) is 4.79 Å². The van der Waals surface area contributed by atoms with Gasteiger partial charge in [0.1, 0.15) is 5.60 Å². The number of carbonyl (C=O) groups excluding carboxylic acids is 1. The fraction of sp³-hybridized carbons (Fsp3) is 0.385. The second-order valence-electron chi connectivity index (χ2n) is 13.5. The van der Waals surface area contributed by atoms with E-state index in [0.29, 0.717) is 5.71 Å². The summed E-state index contributed by atoms with van der Waals surface area (Å²) in [6.07, 6.45) is 7.03. The molecule has 0 radical (unpaired) electrons. The molecule has 0 aliphatic rings. The van der Waals surface area contributed by atoms with E-state index < -0.39 is 11.7 Å². The van der Waals surface area contributed by atoms with E-state index in [2.05, 4.69) is 118 Å². The molecule has 5 N–H and O–H groups in total. The molecule has 0 atom stereocenters. The van der Waals surface area contributed by atoms with Crippen molar-refractivity contribution in [1.29, 1.82) is 0 Å². The summed E-state index contributed by atoms with van der Waals surface area (Å²) in [5, 5.41) is 4.81. The maximum Gasteiger partial charge on any atom is 0.428 e. The zero-order chi connectivity index (χ0) is 34.5. The molecule has 0 aliphatic carbocycles. The van der Waals surface area contributed by atoms with Crippen LogP contribution in [0.25, 0.3) is 0 Å². The van der Waals surface area contributed by atoms with Crippen molar-refractivity contribution in [2.75, 3.05) is 0 Å². The maximum absolute atomic E-state index is 13.0. The van der Waals surface area contributed by atoms with Crippen molar-refractivity contribution in [1.82, 2.24) is 25.4 Å². The third-order valence-corrected chi connectivity index (χ3v) is 10.3. The van der Waals surface area contributed by atoms with Gasteiger partial charge in [0.15, 0.2) is 0 Å². The molecule has 0 saturated heterocycles.